The molecular weight excluding hydrogens is 222 g/mol. The predicted octanol–water partition coefficient (Wildman–Crippen LogP) is 1.79. The second kappa shape index (κ2) is 6.50. The lowest BCUT2D eigenvalue weighted by Gasteiger charge is -2.20. The van der Waals surface area contributed by atoms with Gasteiger partial charge in [0.2, 0.25) is 0 Å². The average molecular weight is 241 g/mol. The molecule has 16 heavy (non-hydrogen) atoms. The van der Waals surface area contributed by atoms with Crippen LogP contribution in [0.4, 0.5) is 0 Å². The molecule has 0 aliphatic rings. The Balaban J connectivity index is 2.46. The Hall–Kier alpha value is -1.07. The SMILES string of the molecule is CCC(NC(C)Cc1ccsc1)C(N)=NO. The first-order valence-corrected chi connectivity index (χ1v) is 6.36. The van der Waals surface area contributed by atoms with Crippen LogP contribution in [0.3, 0.4) is 0 Å². The van der Waals surface area contributed by atoms with Crippen molar-refractivity contribution in [2.45, 2.75) is 38.8 Å². The number of nitrogens with one attached hydrogen (secondary N) is 1. The molecule has 0 saturated heterocycles. The standard InChI is InChI=1S/C11H19N3OS/c1-3-10(11(12)14-15)13-8(2)6-9-4-5-16-7-9/h4-5,7-8,10,13,15H,3,6H2,1-2H3,(H2,12,14). The zero-order chi connectivity index (χ0) is 12.0. The van der Waals surface area contributed by atoms with E-state index in [2.05, 4.69) is 34.2 Å². The molecule has 1 aromatic rings. The number of thiophene rings is 1. The number of amidine groups is 1. The summed E-state index contributed by atoms with van der Waals surface area (Å²) in [7, 11) is 0. The molecule has 90 valence electrons. The topological polar surface area (TPSA) is 70.6 Å². The molecule has 4 N–H and O–H groups in total. The van der Waals surface area contributed by atoms with Crippen molar-refractivity contribution in [1.29, 1.82) is 0 Å². The summed E-state index contributed by atoms with van der Waals surface area (Å²) >= 11 is 1.70. The van der Waals surface area contributed by atoms with Gasteiger partial charge in [-0.2, -0.15) is 11.3 Å². The van der Waals surface area contributed by atoms with Crippen LogP contribution >= 0.6 is 11.3 Å². The third-order valence-corrected chi connectivity index (χ3v) is 3.22. The first-order chi connectivity index (χ1) is 7.67. The number of hydrogen-bond acceptors (Lipinski definition) is 4. The van der Waals surface area contributed by atoms with Gasteiger partial charge in [0, 0.05) is 6.04 Å². The lowest BCUT2D eigenvalue weighted by molar-refractivity contribution is 0.313. The van der Waals surface area contributed by atoms with Crippen molar-refractivity contribution in [3.63, 3.8) is 0 Å². The largest absolute Gasteiger partial charge is 0.409 e. The third-order valence-electron chi connectivity index (χ3n) is 2.49. The molecule has 1 heterocycles. The second-order valence-corrected chi connectivity index (χ2v) is 4.67. The molecule has 5 heteroatoms. The van der Waals surface area contributed by atoms with Crippen LogP contribution in [0, 0.1) is 0 Å². The molecule has 0 spiro atoms. The molecule has 0 aromatic carbocycles. The van der Waals surface area contributed by atoms with E-state index in [1.807, 2.05) is 6.92 Å². The van der Waals surface area contributed by atoms with Crippen LogP contribution in [0.5, 0.6) is 0 Å². The summed E-state index contributed by atoms with van der Waals surface area (Å²) in [5.74, 6) is 0.250. The molecule has 2 unspecified atom stereocenters. The van der Waals surface area contributed by atoms with Gasteiger partial charge in [0.1, 0.15) is 0 Å². The van der Waals surface area contributed by atoms with Crippen molar-refractivity contribution < 1.29 is 5.21 Å². The van der Waals surface area contributed by atoms with Gasteiger partial charge in [0.25, 0.3) is 0 Å². The third kappa shape index (κ3) is 3.83. The monoisotopic (exact) mass is 241 g/mol. The summed E-state index contributed by atoms with van der Waals surface area (Å²) in [6.45, 7) is 4.11. The van der Waals surface area contributed by atoms with Gasteiger partial charge in [-0.1, -0.05) is 12.1 Å². The van der Waals surface area contributed by atoms with Crippen LogP contribution in [0.2, 0.25) is 0 Å². The number of hydrogen-bond donors (Lipinski definition) is 3. The zero-order valence-corrected chi connectivity index (χ0v) is 10.5. The van der Waals surface area contributed by atoms with E-state index in [9.17, 15) is 0 Å². The van der Waals surface area contributed by atoms with Gasteiger partial charge < -0.3 is 16.3 Å². The van der Waals surface area contributed by atoms with Crippen molar-refractivity contribution >= 4 is 17.2 Å². The number of nitrogens with zero attached hydrogens (tertiary/aromatic N) is 1. The summed E-state index contributed by atoms with van der Waals surface area (Å²) < 4.78 is 0. The summed E-state index contributed by atoms with van der Waals surface area (Å²) in [5, 5.41) is 19.2. The molecule has 4 nitrogen and oxygen atoms in total. The van der Waals surface area contributed by atoms with E-state index < -0.39 is 0 Å². The molecule has 1 rings (SSSR count). The molecule has 1 aromatic heterocycles. The second-order valence-electron chi connectivity index (χ2n) is 3.89. The Bertz CT molecular complexity index is 324. The summed E-state index contributed by atoms with van der Waals surface area (Å²) in [6.07, 6.45) is 1.77. The van der Waals surface area contributed by atoms with Crippen molar-refractivity contribution in [3.8, 4) is 0 Å². The number of rotatable bonds is 6. The summed E-state index contributed by atoms with van der Waals surface area (Å²) in [5.41, 5.74) is 6.91. The molecule has 0 fully saturated rings. The Morgan fingerprint density at radius 3 is 2.94 bits per heavy atom. The minimum absolute atomic E-state index is 0.0568. The molecule has 0 amide bonds. The van der Waals surface area contributed by atoms with Crippen molar-refractivity contribution in [2.24, 2.45) is 10.9 Å². The zero-order valence-electron chi connectivity index (χ0n) is 9.68. The van der Waals surface area contributed by atoms with E-state index in [1.54, 1.807) is 11.3 Å². The quantitative estimate of drug-likeness (QED) is 0.308. The van der Waals surface area contributed by atoms with Crippen molar-refractivity contribution in [3.05, 3.63) is 22.4 Å². The average Bonchev–Trinajstić information content (AvgIpc) is 2.77. The molecule has 0 aliphatic heterocycles. The Morgan fingerprint density at radius 2 is 2.44 bits per heavy atom. The minimum atomic E-state index is -0.0568. The maximum atomic E-state index is 8.63. The Morgan fingerprint density at radius 1 is 1.69 bits per heavy atom. The van der Waals surface area contributed by atoms with Crippen LogP contribution < -0.4 is 11.1 Å². The Labute approximate surface area is 100 Å². The molecule has 0 saturated carbocycles. The lowest BCUT2D eigenvalue weighted by atomic mass is 10.1. The summed E-state index contributed by atoms with van der Waals surface area (Å²) in [6, 6.07) is 2.37. The maximum Gasteiger partial charge on any atom is 0.156 e. The van der Waals surface area contributed by atoms with Gasteiger partial charge >= 0.3 is 0 Å². The fraction of sp³-hybridized carbons (Fsp3) is 0.545. The van der Waals surface area contributed by atoms with Crippen LogP contribution in [0.25, 0.3) is 0 Å². The van der Waals surface area contributed by atoms with E-state index in [4.69, 9.17) is 10.9 Å². The van der Waals surface area contributed by atoms with E-state index in [0.717, 1.165) is 12.8 Å². The smallest absolute Gasteiger partial charge is 0.156 e. The number of oxime groups is 1. The summed E-state index contributed by atoms with van der Waals surface area (Å²) in [4.78, 5) is 0. The fourth-order valence-corrected chi connectivity index (χ4v) is 2.33. The molecule has 2 atom stereocenters. The highest BCUT2D eigenvalue weighted by Gasteiger charge is 2.14. The van der Waals surface area contributed by atoms with Crippen LogP contribution in [-0.2, 0) is 6.42 Å². The Kier molecular flexibility index (Phi) is 5.28. The highest BCUT2D eigenvalue weighted by molar-refractivity contribution is 7.07. The highest BCUT2D eigenvalue weighted by Crippen LogP contribution is 2.09. The molecule has 0 bridgehead atoms. The van der Waals surface area contributed by atoms with E-state index in [-0.39, 0.29) is 11.9 Å². The molecular formula is C11H19N3OS. The van der Waals surface area contributed by atoms with Crippen molar-refractivity contribution in [1.82, 2.24) is 5.32 Å². The lowest BCUT2D eigenvalue weighted by Crippen LogP contribution is -2.45. The predicted molar refractivity (Wildman–Crippen MR) is 68.1 cm³/mol. The normalized spacial score (nSPS) is 16.0. The van der Waals surface area contributed by atoms with Gasteiger partial charge in [-0.05, 0) is 42.2 Å². The van der Waals surface area contributed by atoms with Gasteiger partial charge in [0.15, 0.2) is 5.84 Å². The molecule has 0 aliphatic carbocycles. The highest BCUT2D eigenvalue weighted by atomic mass is 32.1. The number of nitrogens with two attached hydrogens (primary N) is 1. The fourth-order valence-electron chi connectivity index (χ4n) is 1.65. The first-order valence-electron chi connectivity index (χ1n) is 5.41. The van der Waals surface area contributed by atoms with Gasteiger partial charge in [0.05, 0.1) is 6.04 Å². The van der Waals surface area contributed by atoms with Crippen molar-refractivity contribution in [2.75, 3.05) is 0 Å². The minimum Gasteiger partial charge on any atom is -0.409 e. The van der Waals surface area contributed by atoms with Crippen LogP contribution in [0.1, 0.15) is 25.8 Å². The van der Waals surface area contributed by atoms with Gasteiger partial charge in [-0.25, -0.2) is 0 Å². The van der Waals surface area contributed by atoms with E-state index >= 15 is 0 Å². The first kappa shape index (κ1) is 13.0. The van der Waals surface area contributed by atoms with E-state index in [0.29, 0.717) is 6.04 Å². The maximum absolute atomic E-state index is 8.63. The van der Waals surface area contributed by atoms with Gasteiger partial charge in [-0.15, -0.1) is 0 Å². The van der Waals surface area contributed by atoms with Crippen LogP contribution in [-0.4, -0.2) is 23.1 Å². The van der Waals surface area contributed by atoms with Gasteiger partial charge in [-0.3, -0.25) is 0 Å². The van der Waals surface area contributed by atoms with Crippen LogP contribution in [0.15, 0.2) is 22.0 Å². The molecule has 0 radical (unpaired) electrons. The van der Waals surface area contributed by atoms with E-state index in [1.165, 1.54) is 5.56 Å².